The van der Waals surface area contributed by atoms with Crippen LogP contribution in [0.15, 0.2) is 60.0 Å². The molecule has 5 rings (SSSR count). The van der Waals surface area contributed by atoms with E-state index < -0.39 is 6.04 Å². The summed E-state index contributed by atoms with van der Waals surface area (Å²) in [6, 6.07) is 22.0. The summed E-state index contributed by atoms with van der Waals surface area (Å²) in [5, 5.41) is 11.8. The first-order valence-corrected chi connectivity index (χ1v) is 15.4. The van der Waals surface area contributed by atoms with E-state index in [2.05, 4.69) is 96.6 Å². The molecule has 1 aliphatic heterocycles. The van der Waals surface area contributed by atoms with E-state index in [1.165, 1.54) is 24.1 Å². The predicted octanol–water partition coefficient (Wildman–Crippen LogP) is 5.82. The zero-order valence-corrected chi connectivity index (χ0v) is 24.7. The van der Waals surface area contributed by atoms with Crippen LogP contribution < -0.4 is 10.6 Å². The number of nitrogens with zero attached hydrogens (tertiary/aromatic N) is 4. The van der Waals surface area contributed by atoms with E-state index in [4.69, 9.17) is 5.73 Å². The minimum absolute atomic E-state index is 0.125. The summed E-state index contributed by atoms with van der Waals surface area (Å²) in [7, 11) is 0. The van der Waals surface area contributed by atoms with E-state index in [-0.39, 0.29) is 24.4 Å². The average Bonchev–Trinajstić information content (AvgIpc) is 3.73. The third kappa shape index (κ3) is 6.41. The lowest BCUT2D eigenvalue weighted by molar-refractivity contribution is -0.124. The standard InChI is InChI=1S/C33H41N5OS/c1-23(2)22-30(33(35)39)38(16-15-34)31(32-24(3)14-21-40-32)27-6-4-25(5-7-27)26-8-10-28(11-9-26)36-17-19-37(20-18-36)29-12-13-29/h4-11,14,21,23,29-31H,12-13,16-20,22H2,1-3H3,(H2,35,39)/t30-,31-/m0/s1. The summed E-state index contributed by atoms with van der Waals surface area (Å²) < 4.78 is 0. The highest BCUT2D eigenvalue weighted by atomic mass is 32.1. The molecule has 0 bridgehead atoms. The third-order valence-corrected chi connectivity index (χ3v) is 9.40. The number of benzene rings is 2. The number of primary amides is 1. The minimum Gasteiger partial charge on any atom is -0.369 e. The Labute approximate surface area is 243 Å². The molecule has 0 unspecified atom stereocenters. The van der Waals surface area contributed by atoms with Gasteiger partial charge >= 0.3 is 0 Å². The van der Waals surface area contributed by atoms with Gasteiger partial charge in [0.05, 0.1) is 24.7 Å². The van der Waals surface area contributed by atoms with Crippen molar-refractivity contribution in [3.05, 3.63) is 76.0 Å². The number of aryl methyl sites for hydroxylation is 1. The average molecular weight is 556 g/mol. The van der Waals surface area contributed by atoms with Crippen LogP contribution in [0.2, 0.25) is 0 Å². The molecular weight excluding hydrogens is 514 g/mol. The first-order valence-electron chi connectivity index (χ1n) is 14.5. The van der Waals surface area contributed by atoms with Crippen LogP contribution in [0.4, 0.5) is 5.69 Å². The lowest BCUT2D eigenvalue weighted by atomic mass is 9.94. The van der Waals surface area contributed by atoms with Crippen molar-refractivity contribution in [3.8, 4) is 17.2 Å². The maximum atomic E-state index is 12.6. The number of nitriles is 1. The number of hydrogen-bond donors (Lipinski definition) is 1. The second-order valence-corrected chi connectivity index (χ2v) is 12.6. The number of piperazine rings is 1. The molecule has 210 valence electrons. The van der Waals surface area contributed by atoms with Gasteiger partial charge in [0.25, 0.3) is 0 Å². The molecule has 1 amide bonds. The predicted molar refractivity (Wildman–Crippen MR) is 164 cm³/mol. The van der Waals surface area contributed by atoms with Gasteiger partial charge in [0.15, 0.2) is 0 Å². The number of amides is 1. The lowest BCUT2D eigenvalue weighted by Crippen LogP contribution is -2.47. The van der Waals surface area contributed by atoms with Crippen molar-refractivity contribution in [1.29, 1.82) is 5.26 Å². The van der Waals surface area contributed by atoms with Gasteiger partial charge in [-0.3, -0.25) is 14.6 Å². The van der Waals surface area contributed by atoms with Crippen LogP contribution in [0.1, 0.15) is 55.2 Å². The van der Waals surface area contributed by atoms with Gasteiger partial charge in [0, 0.05) is 42.8 Å². The van der Waals surface area contributed by atoms with E-state index in [1.54, 1.807) is 11.3 Å². The van der Waals surface area contributed by atoms with Crippen LogP contribution in [0, 0.1) is 24.2 Å². The normalized spacial score (nSPS) is 17.6. The zero-order chi connectivity index (χ0) is 28.2. The van der Waals surface area contributed by atoms with Crippen molar-refractivity contribution in [2.24, 2.45) is 11.7 Å². The highest BCUT2D eigenvalue weighted by Crippen LogP contribution is 2.37. The molecule has 2 aliphatic rings. The van der Waals surface area contributed by atoms with Crippen LogP contribution in [-0.2, 0) is 4.79 Å². The summed E-state index contributed by atoms with van der Waals surface area (Å²) >= 11 is 1.66. The van der Waals surface area contributed by atoms with E-state index in [1.807, 2.05) is 4.90 Å². The van der Waals surface area contributed by atoms with Crippen molar-refractivity contribution in [3.63, 3.8) is 0 Å². The Morgan fingerprint density at radius 3 is 2.15 bits per heavy atom. The number of rotatable bonds is 11. The van der Waals surface area contributed by atoms with Crippen LogP contribution in [0.5, 0.6) is 0 Å². The molecule has 0 spiro atoms. The molecule has 2 atom stereocenters. The second kappa shape index (κ2) is 12.6. The fourth-order valence-corrected chi connectivity index (χ4v) is 7.06. The van der Waals surface area contributed by atoms with Gasteiger partial charge < -0.3 is 10.6 Å². The molecule has 7 heteroatoms. The van der Waals surface area contributed by atoms with Crippen LogP contribution >= 0.6 is 11.3 Å². The molecule has 3 aromatic rings. The molecular formula is C33H41N5OS. The Bertz CT molecular complexity index is 1310. The number of thiophene rings is 1. The number of carbonyl (C=O) groups excluding carboxylic acids is 1. The molecule has 2 heterocycles. The molecule has 40 heavy (non-hydrogen) atoms. The Hall–Kier alpha value is -3.18. The third-order valence-electron chi connectivity index (χ3n) is 8.33. The van der Waals surface area contributed by atoms with Crippen molar-refractivity contribution in [2.75, 3.05) is 37.6 Å². The Kier molecular flexibility index (Phi) is 8.90. The first kappa shape index (κ1) is 28.4. The molecule has 1 aliphatic carbocycles. The fourth-order valence-electron chi connectivity index (χ4n) is 5.99. The molecule has 2 aromatic carbocycles. The van der Waals surface area contributed by atoms with Gasteiger partial charge in [0.1, 0.15) is 0 Å². The smallest absolute Gasteiger partial charge is 0.234 e. The quantitative estimate of drug-likeness (QED) is 0.302. The Morgan fingerprint density at radius 2 is 1.65 bits per heavy atom. The molecule has 6 nitrogen and oxygen atoms in total. The van der Waals surface area contributed by atoms with E-state index >= 15 is 0 Å². The summed E-state index contributed by atoms with van der Waals surface area (Å²) in [5.41, 5.74) is 11.8. The highest BCUT2D eigenvalue weighted by molar-refractivity contribution is 7.10. The Morgan fingerprint density at radius 1 is 1.02 bits per heavy atom. The molecule has 1 saturated heterocycles. The Balaban J connectivity index is 1.38. The van der Waals surface area contributed by atoms with Gasteiger partial charge in [-0.15, -0.1) is 11.3 Å². The van der Waals surface area contributed by atoms with Crippen LogP contribution in [0.3, 0.4) is 0 Å². The molecule has 0 radical (unpaired) electrons. The molecule has 1 saturated carbocycles. The number of hydrogen-bond acceptors (Lipinski definition) is 6. The van der Waals surface area contributed by atoms with Crippen LogP contribution in [0.25, 0.3) is 11.1 Å². The zero-order valence-electron chi connectivity index (χ0n) is 23.9. The molecule has 2 fully saturated rings. The maximum Gasteiger partial charge on any atom is 0.234 e. The van der Waals surface area contributed by atoms with Gasteiger partial charge in [-0.2, -0.15) is 5.26 Å². The summed E-state index contributed by atoms with van der Waals surface area (Å²) in [6.07, 6.45) is 3.36. The van der Waals surface area contributed by atoms with E-state index in [0.717, 1.165) is 53.8 Å². The maximum absolute atomic E-state index is 12.6. The first-order chi connectivity index (χ1) is 19.4. The van der Waals surface area contributed by atoms with Gasteiger partial charge in [-0.25, -0.2) is 0 Å². The lowest BCUT2D eigenvalue weighted by Gasteiger charge is -2.36. The van der Waals surface area contributed by atoms with Crippen molar-refractivity contribution in [1.82, 2.24) is 9.80 Å². The van der Waals surface area contributed by atoms with Gasteiger partial charge in [0.2, 0.25) is 5.91 Å². The number of carbonyl (C=O) groups is 1. The molecule has 1 aromatic heterocycles. The fraction of sp³-hybridized carbons (Fsp3) is 0.455. The topological polar surface area (TPSA) is 76.6 Å². The summed E-state index contributed by atoms with van der Waals surface area (Å²) in [6.45, 7) is 10.9. The van der Waals surface area contributed by atoms with Gasteiger partial charge in [-0.1, -0.05) is 50.2 Å². The van der Waals surface area contributed by atoms with Crippen molar-refractivity contribution in [2.45, 2.75) is 58.2 Å². The van der Waals surface area contributed by atoms with E-state index in [0.29, 0.717) is 6.42 Å². The second-order valence-electron chi connectivity index (χ2n) is 11.7. The molecule has 2 N–H and O–H groups in total. The highest BCUT2D eigenvalue weighted by Gasteiger charge is 2.34. The van der Waals surface area contributed by atoms with Crippen LogP contribution in [-0.4, -0.2) is 60.5 Å². The monoisotopic (exact) mass is 555 g/mol. The largest absolute Gasteiger partial charge is 0.369 e. The van der Waals surface area contributed by atoms with Crippen molar-refractivity contribution >= 4 is 22.9 Å². The number of anilines is 1. The summed E-state index contributed by atoms with van der Waals surface area (Å²) in [5.74, 6) is -0.106. The summed E-state index contributed by atoms with van der Waals surface area (Å²) in [4.78, 5) is 20.9. The van der Waals surface area contributed by atoms with Gasteiger partial charge in [-0.05, 0) is 77.9 Å². The van der Waals surface area contributed by atoms with Crippen molar-refractivity contribution < 1.29 is 4.79 Å². The van der Waals surface area contributed by atoms with E-state index in [9.17, 15) is 10.1 Å². The minimum atomic E-state index is -0.524. The number of nitrogens with two attached hydrogens (primary N) is 1. The SMILES string of the molecule is Cc1ccsc1[C@H](c1ccc(-c2ccc(N3CCN(C4CC4)CC3)cc2)cc1)N(CC#N)[C@@H](CC(C)C)C(N)=O.